The van der Waals surface area contributed by atoms with Crippen molar-refractivity contribution < 1.29 is 9.59 Å². The molecular formula is C19H19N5O2S2. The molecule has 0 saturated heterocycles. The quantitative estimate of drug-likeness (QED) is 0.649. The fraction of sp³-hybridized carbons (Fsp3) is 0.263. The lowest BCUT2D eigenvalue weighted by atomic mass is 10.1. The van der Waals surface area contributed by atoms with E-state index in [1.165, 1.54) is 23.1 Å². The summed E-state index contributed by atoms with van der Waals surface area (Å²) >= 11 is 3.13. The SMILES string of the molecule is CC(Cc1ccsc1)NC(=O)c1cnc2c(c1)N(Cc1cscn1)C(=O)CN2. The number of thiophene rings is 1. The van der Waals surface area contributed by atoms with Gasteiger partial charge in [0.2, 0.25) is 5.91 Å². The average Bonchev–Trinajstić information content (AvgIpc) is 3.37. The Kier molecular flexibility index (Phi) is 5.36. The number of hydrogen-bond donors (Lipinski definition) is 2. The molecule has 1 aliphatic rings. The zero-order valence-corrected chi connectivity index (χ0v) is 16.8. The molecule has 0 radical (unpaired) electrons. The third-order valence-corrected chi connectivity index (χ3v) is 5.80. The molecule has 4 rings (SSSR count). The second-order valence-corrected chi connectivity index (χ2v) is 8.11. The molecule has 1 aliphatic heterocycles. The number of hydrogen-bond acceptors (Lipinski definition) is 7. The van der Waals surface area contributed by atoms with Crippen molar-refractivity contribution in [3.8, 4) is 0 Å². The first-order valence-electron chi connectivity index (χ1n) is 8.83. The number of pyridine rings is 1. The zero-order chi connectivity index (χ0) is 19.5. The second-order valence-electron chi connectivity index (χ2n) is 6.62. The highest BCUT2D eigenvalue weighted by molar-refractivity contribution is 7.08. The standard InChI is InChI=1S/C19H19N5O2S2/c1-12(4-13-2-3-27-9-13)23-19(26)14-5-16-18(20-6-14)21-7-17(25)24(16)8-15-10-28-11-22-15/h2-3,5-6,9-12H,4,7-8H2,1H3,(H,20,21)(H,23,26). The summed E-state index contributed by atoms with van der Waals surface area (Å²) in [7, 11) is 0. The van der Waals surface area contributed by atoms with Gasteiger partial charge in [0.25, 0.3) is 5.91 Å². The predicted molar refractivity (Wildman–Crippen MR) is 111 cm³/mol. The van der Waals surface area contributed by atoms with Crippen LogP contribution in [0.2, 0.25) is 0 Å². The summed E-state index contributed by atoms with van der Waals surface area (Å²) < 4.78 is 0. The van der Waals surface area contributed by atoms with Crippen LogP contribution in [-0.4, -0.2) is 34.4 Å². The van der Waals surface area contributed by atoms with Gasteiger partial charge >= 0.3 is 0 Å². The lowest BCUT2D eigenvalue weighted by molar-refractivity contribution is -0.117. The molecule has 3 aromatic rings. The van der Waals surface area contributed by atoms with E-state index in [0.29, 0.717) is 23.6 Å². The molecule has 0 bridgehead atoms. The minimum absolute atomic E-state index is 0.0102. The molecule has 0 aliphatic carbocycles. The highest BCUT2D eigenvalue weighted by Crippen LogP contribution is 2.29. The van der Waals surface area contributed by atoms with Gasteiger partial charge in [0.1, 0.15) is 0 Å². The van der Waals surface area contributed by atoms with Gasteiger partial charge in [-0.05, 0) is 41.8 Å². The van der Waals surface area contributed by atoms with E-state index in [4.69, 9.17) is 0 Å². The first-order chi connectivity index (χ1) is 13.6. The highest BCUT2D eigenvalue weighted by atomic mass is 32.1. The molecule has 4 heterocycles. The number of nitrogens with one attached hydrogen (secondary N) is 2. The molecule has 0 spiro atoms. The fourth-order valence-corrected chi connectivity index (χ4v) is 4.31. The van der Waals surface area contributed by atoms with E-state index in [1.54, 1.807) is 27.8 Å². The van der Waals surface area contributed by atoms with Gasteiger partial charge in [0.05, 0.1) is 35.5 Å². The third-order valence-electron chi connectivity index (χ3n) is 4.43. The van der Waals surface area contributed by atoms with E-state index in [9.17, 15) is 9.59 Å². The van der Waals surface area contributed by atoms with Gasteiger partial charge in [0.15, 0.2) is 5.82 Å². The minimum atomic E-state index is -0.204. The van der Waals surface area contributed by atoms with Crippen molar-refractivity contribution in [2.24, 2.45) is 0 Å². The number of thiazole rings is 1. The van der Waals surface area contributed by atoms with Gasteiger partial charge in [0, 0.05) is 17.6 Å². The number of carbonyl (C=O) groups is 2. The monoisotopic (exact) mass is 413 g/mol. The lowest BCUT2D eigenvalue weighted by Gasteiger charge is -2.29. The van der Waals surface area contributed by atoms with Crippen molar-refractivity contribution in [2.75, 3.05) is 16.8 Å². The fourth-order valence-electron chi connectivity index (χ4n) is 3.08. The molecular weight excluding hydrogens is 394 g/mol. The maximum absolute atomic E-state index is 12.7. The molecule has 3 aromatic heterocycles. The number of anilines is 2. The van der Waals surface area contributed by atoms with Crippen LogP contribution in [0.4, 0.5) is 11.5 Å². The van der Waals surface area contributed by atoms with Gasteiger partial charge in [-0.25, -0.2) is 9.97 Å². The van der Waals surface area contributed by atoms with Crippen molar-refractivity contribution in [1.82, 2.24) is 15.3 Å². The Hall–Kier alpha value is -2.78. The number of amides is 2. The topological polar surface area (TPSA) is 87.2 Å². The van der Waals surface area contributed by atoms with E-state index in [0.717, 1.165) is 12.1 Å². The van der Waals surface area contributed by atoms with Gasteiger partial charge in [-0.15, -0.1) is 11.3 Å². The number of carbonyl (C=O) groups excluding carboxylic acids is 2. The summed E-state index contributed by atoms with van der Waals surface area (Å²) in [6, 6.07) is 3.76. The van der Waals surface area contributed by atoms with Crippen molar-refractivity contribution in [3.63, 3.8) is 0 Å². The van der Waals surface area contributed by atoms with Crippen molar-refractivity contribution >= 4 is 46.0 Å². The summed E-state index contributed by atoms with van der Waals surface area (Å²) in [5, 5.41) is 12.0. The number of rotatable bonds is 6. The first-order valence-corrected chi connectivity index (χ1v) is 10.7. The molecule has 28 heavy (non-hydrogen) atoms. The van der Waals surface area contributed by atoms with E-state index in [1.807, 2.05) is 17.7 Å². The maximum Gasteiger partial charge on any atom is 0.253 e. The Balaban J connectivity index is 1.52. The van der Waals surface area contributed by atoms with Gasteiger partial charge in [-0.3, -0.25) is 9.59 Å². The Morgan fingerprint density at radius 2 is 2.25 bits per heavy atom. The molecule has 9 heteroatoms. The molecule has 2 N–H and O–H groups in total. The molecule has 2 amide bonds. The first kappa shape index (κ1) is 18.6. The summed E-state index contributed by atoms with van der Waals surface area (Å²) in [6.45, 7) is 2.51. The molecule has 0 aromatic carbocycles. The third kappa shape index (κ3) is 4.05. The molecule has 144 valence electrons. The van der Waals surface area contributed by atoms with Crippen LogP contribution < -0.4 is 15.5 Å². The van der Waals surface area contributed by atoms with Crippen LogP contribution in [0.15, 0.2) is 40.0 Å². The van der Waals surface area contributed by atoms with E-state index in [2.05, 4.69) is 32.0 Å². The van der Waals surface area contributed by atoms with Crippen LogP contribution in [0, 0.1) is 0 Å². The summed E-state index contributed by atoms with van der Waals surface area (Å²) in [5.41, 5.74) is 4.77. The van der Waals surface area contributed by atoms with Gasteiger partial charge in [-0.1, -0.05) is 0 Å². The average molecular weight is 414 g/mol. The molecule has 0 fully saturated rings. The van der Waals surface area contributed by atoms with Crippen LogP contribution in [0.3, 0.4) is 0 Å². The van der Waals surface area contributed by atoms with E-state index < -0.39 is 0 Å². The zero-order valence-electron chi connectivity index (χ0n) is 15.2. The Bertz CT molecular complexity index is 972. The predicted octanol–water partition coefficient (Wildman–Crippen LogP) is 2.92. The highest BCUT2D eigenvalue weighted by Gasteiger charge is 2.27. The number of fused-ring (bicyclic) bond motifs is 1. The van der Waals surface area contributed by atoms with Crippen LogP contribution in [0.25, 0.3) is 0 Å². The Labute approximate surface area is 170 Å². The Morgan fingerprint density at radius 1 is 1.36 bits per heavy atom. The van der Waals surface area contributed by atoms with Crippen molar-refractivity contribution in [2.45, 2.75) is 25.9 Å². The van der Waals surface area contributed by atoms with Crippen LogP contribution in [-0.2, 0) is 17.8 Å². The number of nitrogens with zero attached hydrogens (tertiary/aromatic N) is 3. The Morgan fingerprint density at radius 3 is 3.00 bits per heavy atom. The molecule has 1 atom stereocenters. The van der Waals surface area contributed by atoms with Crippen LogP contribution in [0.1, 0.15) is 28.5 Å². The van der Waals surface area contributed by atoms with Crippen LogP contribution in [0.5, 0.6) is 0 Å². The van der Waals surface area contributed by atoms with Crippen LogP contribution >= 0.6 is 22.7 Å². The molecule has 7 nitrogen and oxygen atoms in total. The second kappa shape index (κ2) is 8.07. The van der Waals surface area contributed by atoms with Gasteiger partial charge < -0.3 is 15.5 Å². The molecule has 1 unspecified atom stereocenters. The largest absolute Gasteiger partial charge is 0.359 e. The van der Waals surface area contributed by atoms with Crippen molar-refractivity contribution in [1.29, 1.82) is 0 Å². The lowest BCUT2D eigenvalue weighted by Crippen LogP contribution is -2.40. The number of aromatic nitrogens is 2. The van der Waals surface area contributed by atoms with E-state index >= 15 is 0 Å². The smallest absolute Gasteiger partial charge is 0.253 e. The summed E-state index contributed by atoms with van der Waals surface area (Å²) in [5.74, 6) is 0.313. The summed E-state index contributed by atoms with van der Waals surface area (Å²) in [4.78, 5) is 35.4. The van der Waals surface area contributed by atoms with Gasteiger partial charge in [-0.2, -0.15) is 11.3 Å². The molecule has 0 saturated carbocycles. The maximum atomic E-state index is 12.7. The van der Waals surface area contributed by atoms with E-state index in [-0.39, 0.29) is 24.4 Å². The normalized spacial score (nSPS) is 14.3. The van der Waals surface area contributed by atoms with Crippen molar-refractivity contribution in [3.05, 3.63) is 56.8 Å². The minimum Gasteiger partial charge on any atom is -0.359 e. The summed E-state index contributed by atoms with van der Waals surface area (Å²) in [6.07, 6.45) is 2.30.